The van der Waals surface area contributed by atoms with Crippen LogP contribution in [0.3, 0.4) is 0 Å². The maximum atomic E-state index is 5.81. The summed E-state index contributed by atoms with van der Waals surface area (Å²) in [6, 6.07) is 3.93. The van der Waals surface area contributed by atoms with Crippen molar-refractivity contribution in [3.8, 4) is 17.1 Å². The minimum atomic E-state index is 0.756. The van der Waals surface area contributed by atoms with Crippen molar-refractivity contribution in [2.45, 2.75) is 97.3 Å². The third kappa shape index (κ3) is 11.6. The molecule has 2 aromatic heterocycles. The molecule has 0 saturated carbocycles. The molecule has 0 amide bonds. The van der Waals surface area contributed by atoms with Crippen LogP contribution in [0.1, 0.15) is 96.6 Å². The molecular weight excluding hydrogens is 398 g/mol. The zero-order chi connectivity index (χ0) is 22.7. The molecule has 0 N–H and O–H groups in total. The molecule has 0 aliphatic carbocycles. The number of rotatable bonds is 19. The lowest BCUT2D eigenvalue weighted by atomic mass is 10.1. The highest BCUT2D eigenvalue weighted by atomic mass is 16.5. The molecule has 0 fully saturated rings. The fourth-order valence-corrected chi connectivity index (χ4v) is 3.55. The molecule has 0 aromatic carbocycles. The summed E-state index contributed by atoms with van der Waals surface area (Å²) in [7, 11) is 0. The smallest absolute Gasteiger partial charge is 0.137 e. The quantitative estimate of drug-likeness (QED) is 0.216. The first-order valence-corrected chi connectivity index (χ1v) is 12.8. The van der Waals surface area contributed by atoms with Crippen LogP contribution in [0.4, 0.5) is 0 Å². The molecule has 0 aliphatic rings. The molecule has 0 spiro atoms. The van der Waals surface area contributed by atoms with E-state index in [2.05, 4.69) is 28.8 Å². The highest BCUT2D eigenvalue weighted by Crippen LogP contribution is 2.18. The molecule has 0 saturated heterocycles. The van der Waals surface area contributed by atoms with E-state index in [9.17, 15) is 0 Å². The fourth-order valence-electron chi connectivity index (χ4n) is 3.55. The Morgan fingerprint density at radius 1 is 0.594 bits per heavy atom. The van der Waals surface area contributed by atoms with Gasteiger partial charge in [-0.3, -0.25) is 15.0 Å². The van der Waals surface area contributed by atoms with Crippen molar-refractivity contribution in [1.29, 1.82) is 0 Å². The highest BCUT2D eigenvalue weighted by molar-refractivity contribution is 5.53. The number of nitrogens with zero attached hydrogens (tertiary/aromatic N) is 3. The minimum absolute atomic E-state index is 0.756. The molecule has 2 heterocycles. The monoisotopic (exact) mass is 441 g/mol. The molecule has 2 aromatic rings. The van der Waals surface area contributed by atoms with Crippen LogP contribution in [0, 0.1) is 0 Å². The molecule has 5 nitrogen and oxygen atoms in total. The van der Waals surface area contributed by atoms with Crippen LogP contribution in [-0.4, -0.2) is 34.8 Å². The highest BCUT2D eigenvalue weighted by Gasteiger charge is 2.04. The van der Waals surface area contributed by atoms with E-state index in [4.69, 9.17) is 9.47 Å². The van der Waals surface area contributed by atoms with Gasteiger partial charge in [0.2, 0.25) is 0 Å². The average molecular weight is 442 g/mol. The number of ether oxygens (including phenoxy) is 2. The third-order valence-electron chi connectivity index (χ3n) is 5.58. The van der Waals surface area contributed by atoms with E-state index in [0.29, 0.717) is 0 Å². The van der Waals surface area contributed by atoms with E-state index in [1.54, 1.807) is 6.20 Å². The lowest BCUT2D eigenvalue weighted by molar-refractivity contribution is 0.126. The van der Waals surface area contributed by atoms with Crippen molar-refractivity contribution in [3.63, 3.8) is 0 Å². The van der Waals surface area contributed by atoms with Crippen molar-refractivity contribution >= 4 is 0 Å². The summed E-state index contributed by atoms with van der Waals surface area (Å²) in [5, 5.41) is 0. The SMILES string of the molecule is CCCCCCCCOc1ccc(-c2cnc(CCCCOCCCCCC)cn2)nc1. The van der Waals surface area contributed by atoms with Crippen molar-refractivity contribution in [3.05, 3.63) is 36.4 Å². The summed E-state index contributed by atoms with van der Waals surface area (Å²) in [6.45, 7) is 6.97. The van der Waals surface area contributed by atoms with Gasteiger partial charge in [0.25, 0.3) is 0 Å². The first-order valence-electron chi connectivity index (χ1n) is 12.8. The summed E-state index contributed by atoms with van der Waals surface area (Å²) >= 11 is 0. The first kappa shape index (κ1) is 26.2. The average Bonchev–Trinajstić information content (AvgIpc) is 2.83. The molecular formula is C27H43N3O2. The van der Waals surface area contributed by atoms with E-state index in [0.717, 1.165) is 68.3 Å². The maximum Gasteiger partial charge on any atom is 0.137 e. The number of unbranched alkanes of at least 4 members (excludes halogenated alkanes) is 9. The van der Waals surface area contributed by atoms with Crippen LogP contribution in [0.15, 0.2) is 30.7 Å². The van der Waals surface area contributed by atoms with Gasteiger partial charge in [-0.1, -0.05) is 65.2 Å². The van der Waals surface area contributed by atoms with Gasteiger partial charge in [0.1, 0.15) is 11.4 Å². The summed E-state index contributed by atoms with van der Waals surface area (Å²) in [6.07, 6.45) is 21.2. The number of aryl methyl sites for hydroxylation is 1. The van der Waals surface area contributed by atoms with E-state index in [1.165, 1.54) is 57.8 Å². The summed E-state index contributed by atoms with van der Waals surface area (Å²) in [5.41, 5.74) is 2.65. The van der Waals surface area contributed by atoms with Crippen molar-refractivity contribution < 1.29 is 9.47 Å². The molecule has 0 aliphatic heterocycles. The Hall–Kier alpha value is -2.01. The van der Waals surface area contributed by atoms with Gasteiger partial charge in [-0.05, 0) is 44.2 Å². The van der Waals surface area contributed by atoms with Gasteiger partial charge in [-0.15, -0.1) is 0 Å². The minimum Gasteiger partial charge on any atom is -0.492 e. The van der Waals surface area contributed by atoms with Crippen molar-refractivity contribution in [2.24, 2.45) is 0 Å². The molecule has 0 atom stereocenters. The van der Waals surface area contributed by atoms with Crippen molar-refractivity contribution in [2.75, 3.05) is 19.8 Å². The Kier molecular flexibility index (Phi) is 14.4. The molecule has 0 bridgehead atoms. The number of pyridine rings is 1. The third-order valence-corrected chi connectivity index (χ3v) is 5.58. The normalized spacial score (nSPS) is 11.1. The molecule has 32 heavy (non-hydrogen) atoms. The maximum absolute atomic E-state index is 5.81. The Labute approximate surface area is 195 Å². The molecule has 2 rings (SSSR count). The molecule has 178 valence electrons. The lowest BCUT2D eigenvalue weighted by Crippen LogP contribution is -2.00. The van der Waals surface area contributed by atoms with Gasteiger partial charge in [0.05, 0.1) is 30.4 Å². The number of hydrogen-bond donors (Lipinski definition) is 0. The van der Waals surface area contributed by atoms with Gasteiger partial charge in [0, 0.05) is 19.4 Å². The Balaban J connectivity index is 1.60. The van der Waals surface area contributed by atoms with E-state index in [-0.39, 0.29) is 0 Å². The fraction of sp³-hybridized carbons (Fsp3) is 0.667. The van der Waals surface area contributed by atoms with Crippen LogP contribution < -0.4 is 4.74 Å². The second-order valence-electron chi connectivity index (χ2n) is 8.52. The van der Waals surface area contributed by atoms with Crippen LogP contribution in [0.25, 0.3) is 11.4 Å². The summed E-state index contributed by atoms with van der Waals surface area (Å²) in [5.74, 6) is 0.819. The van der Waals surface area contributed by atoms with Crippen LogP contribution in [0.5, 0.6) is 5.75 Å². The molecule has 5 heteroatoms. The lowest BCUT2D eigenvalue weighted by Gasteiger charge is -2.07. The van der Waals surface area contributed by atoms with Crippen LogP contribution in [0.2, 0.25) is 0 Å². The van der Waals surface area contributed by atoms with Crippen LogP contribution >= 0.6 is 0 Å². The first-order chi connectivity index (χ1) is 15.8. The zero-order valence-corrected chi connectivity index (χ0v) is 20.4. The van der Waals surface area contributed by atoms with E-state index >= 15 is 0 Å². The predicted molar refractivity (Wildman–Crippen MR) is 132 cm³/mol. The van der Waals surface area contributed by atoms with E-state index in [1.807, 2.05) is 24.5 Å². The topological polar surface area (TPSA) is 57.1 Å². The predicted octanol–water partition coefficient (Wildman–Crippen LogP) is 7.20. The number of aromatic nitrogens is 3. The standard InChI is InChI=1S/C27H43N3O2/c1-3-5-7-9-10-13-20-32-25-16-17-26(30-22-25)27-23-28-24(21-29-27)15-11-14-19-31-18-12-8-6-4-2/h16-17,21-23H,3-15,18-20H2,1-2H3. The second-order valence-corrected chi connectivity index (χ2v) is 8.52. The van der Waals surface area contributed by atoms with Gasteiger partial charge in [-0.25, -0.2) is 0 Å². The van der Waals surface area contributed by atoms with Gasteiger partial charge >= 0.3 is 0 Å². The Bertz CT molecular complexity index is 689. The van der Waals surface area contributed by atoms with Gasteiger partial charge < -0.3 is 9.47 Å². The van der Waals surface area contributed by atoms with E-state index < -0.39 is 0 Å². The molecule has 0 radical (unpaired) electrons. The number of hydrogen-bond acceptors (Lipinski definition) is 5. The zero-order valence-electron chi connectivity index (χ0n) is 20.4. The van der Waals surface area contributed by atoms with Crippen molar-refractivity contribution in [1.82, 2.24) is 15.0 Å². The largest absolute Gasteiger partial charge is 0.492 e. The molecule has 0 unspecified atom stereocenters. The Morgan fingerprint density at radius 3 is 1.94 bits per heavy atom. The Morgan fingerprint density at radius 2 is 1.25 bits per heavy atom. The van der Waals surface area contributed by atoms with Gasteiger partial charge in [0.15, 0.2) is 0 Å². The second kappa shape index (κ2) is 17.5. The summed E-state index contributed by atoms with van der Waals surface area (Å²) < 4.78 is 11.5. The van der Waals surface area contributed by atoms with Crippen LogP contribution in [-0.2, 0) is 11.2 Å². The summed E-state index contributed by atoms with van der Waals surface area (Å²) in [4.78, 5) is 13.6. The van der Waals surface area contributed by atoms with Gasteiger partial charge in [-0.2, -0.15) is 0 Å².